The van der Waals surface area contributed by atoms with Crippen LogP contribution in [0.15, 0.2) is 83.8 Å². The fourth-order valence-corrected chi connectivity index (χ4v) is 3.58. The molecular weight excluding hydrogens is 384 g/mol. The first-order valence-corrected chi connectivity index (χ1v) is 10.0. The van der Waals surface area contributed by atoms with E-state index in [0.29, 0.717) is 22.8 Å². The Hall–Kier alpha value is -2.83. The summed E-state index contributed by atoms with van der Waals surface area (Å²) in [6.07, 6.45) is 0. The Kier molecular flexibility index (Phi) is 5.78. The van der Waals surface area contributed by atoms with Crippen LogP contribution in [0.5, 0.6) is 0 Å². The predicted octanol–water partition coefficient (Wildman–Crippen LogP) is 4.07. The van der Waals surface area contributed by atoms with E-state index in [1.165, 1.54) is 24.3 Å². The van der Waals surface area contributed by atoms with Gasteiger partial charge in [-0.15, -0.1) is 0 Å². The molecule has 5 nitrogen and oxygen atoms in total. The van der Waals surface area contributed by atoms with Crippen molar-refractivity contribution in [2.45, 2.75) is 11.4 Å². The maximum absolute atomic E-state index is 12.4. The molecule has 0 aromatic heterocycles. The van der Waals surface area contributed by atoms with Crippen LogP contribution in [-0.2, 0) is 16.6 Å². The Balaban J connectivity index is 1.65. The number of rotatable bonds is 6. The summed E-state index contributed by atoms with van der Waals surface area (Å²) in [7, 11) is -3.71. The lowest BCUT2D eigenvalue weighted by atomic mass is 10.2. The van der Waals surface area contributed by atoms with Gasteiger partial charge in [-0.25, -0.2) is 8.42 Å². The lowest BCUT2D eigenvalue weighted by molar-refractivity contribution is 0.0951. The molecule has 0 atom stereocenters. The molecule has 3 aromatic carbocycles. The lowest BCUT2D eigenvalue weighted by Crippen LogP contribution is -2.22. The number of hydrogen-bond acceptors (Lipinski definition) is 3. The zero-order valence-electron chi connectivity index (χ0n) is 14.2. The Morgan fingerprint density at radius 2 is 1.48 bits per heavy atom. The predicted molar refractivity (Wildman–Crippen MR) is 106 cm³/mol. The van der Waals surface area contributed by atoms with Crippen LogP contribution in [0.3, 0.4) is 0 Å². The minimum atomic E-state index is -3.71. The first-order chi connectivity index (χ1) is 12.9. The molecule has 0 saturated heterocycles. The molecule has 3 rings (SSSR count). The quantitative estimate of drug-likeness (QED) is 0.654. The summed E-state index contributed by atoms with van der Waals surface area (Å²) in [5, 5.41) is 3.42. The van der Waals surface area contributed by atoms with Crippen LogP contribution in [0.4, 0.5) is 5.69 Å². The molecule has 0 spiro atoms. The highest BCUT2D eigenvalue weighted by atomic mass is 35.5. The van der Waals surface area contributed by atoms with E-state index < -0.39 is 10.0 Å². The van der Waals surface area contributed by atoms with Crippen molar-refractivity contribution in [1.82, 2.24) is 5.32 Å². The van der Waals surface area contributed by atoms with Crippen LogP contribution in [0, 0.1) is 0 Å². The van der Waals surface area contributed by atoms with Crippen LogP contribution in [0.2, 0.25) is 5.02 Å². The summed E-state index contributed by atoms with van der Waals surface area (Å²) in [5.41, 5.74) is 1.77. The van der Waals surface area contributed by atoms with Crippen molar-refractivity contribution in [3.8, 4) is 0 Å². The molecule has 0 bridgehead atoms. The summed E-state index contributed by atoms with van der Waals surface area (Å²) in [6.45, 7) is 0.353. The third kappa shape index (κ3) is 5.09. The van der Waals surface area contributed by atoms with E-state index in [1.54, 1.807) is 42.5 Å². The zero-order valence-corrected chi connectivity index (χ0v) is 15.8. The summed E-state index contributed by atoms with van der Waals surface area (Å²) < 4.78 is 27.3. The molecule has 0 radical (unpaired) electrons. The van der Waals surface area contributed by atoms with Crippen molar-refractivity contribution in [1.29, 1.82) is 0 Å². The van der Waals surface area contributed by atoms with Crippen molar-refractivity contribution in [3.05, 3.63) is 95.0 Å². The maximum Gasteiger partial charge on any atom is 0.261 e. The second kappa shape index (κ2) is 8.24. The number of carbonyl (C=O) groups is 1. The molecule has 0 aliphatic heterocycles. The molecule has 7 heteroatoms. The summed E-state index contributed by atoms with van der Waals surface area (Å²) in [4.78, 5) is 12.3. The lowest BCUT2D eigenvalue weighted by Gasteiger charge is -2.09. The van der Waals surface area contributed by atoms with Gasteiger partial charge in [0, 0.05) is 22.8 Å². The molecule has 0 aliphatic carbocycles. The molecule has 0 unspecified atom stereocenters. The monoisotopic (exact) mass is 400 g/mol. The van der Waals surface area contributed by atoms with Crippen LogP contribution < -0.4 is 10.0 Å². The first-order valence-electron chi connectivity index (χ1n) is 8.15. The minimum Gasteiger partial charge on any atom is -0.348 e. The number of amides is 1. The van der Waals surface area contributed by atoms with Gasteiger partial charge in [0.15, 0.2) is 0 Å². The number of halogens is 1. The van der Waals surface area contributed by atoms with Gasteiger partial charge in [0.05, 0.1) is 4.90 Å². The molecule has 0 saturated carbocycles. The first kappa shape index (κ1) is 18.9. The van der Waals surface area contributed by atoms with Gasteiger partial charge >= 0.3 is 0 Å². The van der Waals surface area contributed by atoms with E-state index in [0.717, 1.165) is 5.56 Å². The molecule has 0 fully saturated rings. The van der Waals surface area contributed by atoms with Gasteiger partial charge in [-0.2, -0.15) is 0 Å². The van der Waals surface area contributed by atoms with Gasteiger partial charge < -0.3 is 5.32 Å². The van der Waals surface area contributed by atoms with Gasteiger partial charge in [-0.3, -0.25) is 9.52 Å². The molecule has 27 heavy (non-hydrogen) atoms. The Morgan fingerprint density at radius 1 is 0.852 bits per heavy atom. The number of sulfonamides is 1. The van der Waals surface area contributed by atoms with E-state index in [2.05, 4.69) is 10.0 Å². The SMILES string of the molecule is O=C(NCc1ccc(Cl)cc1)c1ccc(S(=O)(=O)Nc2ccccc2)cc1. The second-order valence-electron chi connectivity index (χ2n) is 5.81. The normalized spacial score (nSPS) is 11.0. The number of carbonyl (C=O) groups excluding carboxylic acids is 1. The van der Waals surface area contributed by atoms with Gasteiger partial charge in [-0.1, -0.05) is 41.9 Å². The van der Waals surface area contributed by atoms with Crippen LogP contribution >= 0.6 is 11.6 Å². The summed E-state index contributed by atoms with van der Waals surface area (Å²) >= 11 is 5.83. The van der Waals surface area contributed by atoms with Crippen LogP contribution in [0.25, 0.3) is 0 Å². The topological polar surface area (TPSA) is 75.3 Å². The van der Waals surface area contributed by atoms with Gasteiger partial charge in [0.2, 0.25) is 0 Å². The van der Waals surface area contributed by atoms with Crippen molar-refractivity contribution in [3.63, 3.8) is 0 Å². The fourth-order valence-electron chi connectivity index (χ4n) is 2.39. The highest BCUT2D eigenvalue weighted by Gasteiger charge is 2.15. The third-order valence-electron chi connectivity index (χ3n) is 3.82. The number of para-hydroxylation sites is 1. The van der Waals surface area contributed by atoms with Crippen LogP contribution in [0.1, 0.15) is 15.9 Å². The number of anilines is 1. The third-order valence-corrected chi connectivity index (χ3v) is 5.47. The second-order valence-corrected chi connectivity index (χ2v) is 7.92. The van der Waals surface area contributed by atoms with E-state index in [4.69, 9.17) is 11.6 Å². The summed E-state index contributed by atoms with van der Waals surface area (Å²) in [5.74, 6) is -0.287. The standard InChI is InChI=1S/C20H17ClN2O3S/c21-17-10-6-15(7-11-17)14-22-20(24)16-8-12-19(13-9-16)27(25,26)23-18-4-2-1-3-5-18/h1-13,23H,14H2,(H,22,24). The molecule has 3 aromatic rings. The number of nitrogens with one attached hydrogen (secondary N) is 2. The smallest absolute Gasteiger partial charge is 0.261 e. The summed E-state index contributed by atoms with van der Waals surface area (Å²) in [6, 6.07) is 21.5. The maximum atomic E-state index is 12.4. The number of benzene rings is 3. The highest BCUT2D eigenvalue weighted by molar-refractivity contribution is 7.92. The van der Waals surface area contributed by atoms with E-state index in [-0.39, 0.29) is 10.8 Å². The zero-order chi connectivity index (χ0) is 19.3. The van der Waals surface area contributed by atoms with E-state index in [9.17, 15) is 13.2 Å². The van der Waals surface area contributed by atoms with Gasteiger partial charge in [0.25, 0.3) is 15.9 Å². The Morgan fingerprint density at radius 3 is 2.11 bits per heavy atom. The Bertz CT molecular complexity index is 1020. The van der Waals surface area contributed by atoms with Crippen molar-refractivity contribution in [2.75, 3.05) is 4.72 Å². The largest absolute Gasteiger partial charge is 0.348 e. The molecular formula is C20H17ClN2O3S. The van der Waals surface area contributed by atoms with Gasteiger partial charge in [-0.05, 0) is 54.1 Å². The molecule has 0 aliphatic rings. The van der Waals surface area contributed by atoms with E-state index in [1.807, 2.05) is 12.1 Å². The molecule has 0 heterocycles. The van der Waals surface area contributed by atoms with Crippen LogP contribution in [-0.4, -0.2) is 14.3 Å². The van der Waals surface area contributed by atoms with Crippen molar-refractivity contribution < 1.29 is 13.2 Å². The van der Waals surface area contributed by atoms with Crippen molar-refractivity contribution >= 4 is 33.2 Å². The fraction of sp³-hybridized carbons (Fsp3) is 0.0500. The average Bonchev–Trinajstić information content (AvgIpc) is 2.68. The Labute approximate surface area is 163 Å². The number of hydrogen-bond donors (Lipinski definition) is 2. The minimum absolute atomic E-state index is 0.0839. The van der Waals surface area contributed by atoms with Crippen molar-refractivity contribution in [2.24, 2.45) is 0 Å². The molecule has 138 valence electrons. The highest BCUT2D eigenvalue weighted by Crippen LogP contribution is 2.16. The van der Waals surface area contributed by atoms with E-state index >= 15 is 0 Å². The molecule has 2 N–H and O–H groups in total. The average molecular weight is 401 g/mol. The molecule has 1 amide bonds. The van der Waals surface area contributed by atoms with Gasteiger partial charge in [0.1, 0.15) is 0 Å².